The molecular formula is C8H12F3N3O. The van der Waals surface area contributed by atoms with Crippen LogP contribution in [0.1, 0.15) is 38.0 Å². The molecule has 2 atom stereocenters. The van der Waals surface area contributed by atoms with Crippen LogP contribution in [0.2, 0.25) is 0 Å². The van der Waals surface area contributed by atoms with E-state index in [1.54, 1.807) is 0 Å². The van der Waals surface area contributed by atoms with Gasteiger partial charge < -0.3 is 10.3 Å². The predicted molar refractivity (Wildman–Crippen MR) is 45.7 cm³/mol. The van der Waals surface area contributed by atoms with Crippen LogP contribution < -0.4 is 5.73 Å². The number of hydrogen-bond acceptors (Lipinski definition) is 4. The monoisotopic (exact) mass is 223 g/mol. The maximum Gasteiger partial charge on any atom is 0.455 e. The zero-order valence-corrected chi connectivity index (χ0v) is 8.38. The topological polar surface area (TPSA) is 64.9 Å². The number of nitrogens with two attached hydrogens (primary N) is 1. The van der Waals surface area contributed by atoms with Crippen molar-refractivity contribution in [3.8, 4) is 0 Å². The number of aromatic nitrogens is 2. The summed E-state index contributed by atoms with van der Waals surface area (Å²) in [6, 6.07) is -0.654. The molecule has 0 aliphatic carbocycles. The van der Waals surface area contributed by atoms with Gasteiger partial charge in [-0.05, 0) is 5.92 Å². The van der Waals surface area contributed by atoms with Crippen LogP contribution in [0.5, 0.6) is 0 Å². The van der Waals surface area contributed by atoms with E-state index in [0.29, 0.717) is 0 Å². The van der Waals surface area contributed by atoms with Gasteiger partial charge in [-0.1, -0.05) is 25.4 Å². The Bertz CT molecular complexity index is 323. The average molecular weight is 223 g/mol. The van der Waals surface area contributed by atoms with E-state index in [0.717, 1.165) is 6.42 Å². The van der Waals surface area contributed by atoms with Gasteiger partial charge in [-0.25, -0.2) is 0 Å². The largest absolute Gasteiger partial charge is 0.455 e. The fraction of sp³-hybridized carbons (Fsp3) is 0.750. The van der Waals surface area contributed by atoms with E-state index < -0.39 is 18.0 Å². The summed E-state index contributed by atoms with van der Waals surface area (Å²) in [5.41, 5.74) is 5.64. The Kier molecular flexibility index (Phi) is 3.33. The molecule has 1 aromatic heterocycles. The minimum atomic E-state index is -4.59. The van der Waals surface area contributed by atoms with E-state index in [-0.39, 0.29) is 11.8 Å². The summed E-state index contributed by atoms with van der Waals surface area (Å²) in [7, 11) is 0. The highest BCUT2D eigenvalue weighted by Gasteiger charge is 2.38. The first-order valence-corrected chi connectivity index (χ1v) is 4.52. The molecule has 0 saturated carbocycles. The van der Waals surface area contributed by atoms with Gasteiger partial charge >= 0.3 is 6.18 Å². The van der Waals surface area contributed by atoms with E-state index in [2.05, 4.69) is 14.7 Å². The fourth-order valence-electron chi connectivity index (χ4n) is 0.983. The molecule has 86 valence electrons. The van der Waals surface area contributed by atoms with Crippen LogP contribution in [0.4, 0.5) is 13.2 Å². The summed E-state index contributed by atoms with van der Waals surface area (Å²) in [4.78, 5) is 3.22. The van der Waals surface area contributed by atoms with Crippen molar-refractivity contribution in [2.75, 3.05) is 0 Å². The molecule has 0 amide bonds. The SMILES string of the molecule is CCC(C)C(N)c1nc(C(F)(F)F)no1. The zero-order valence-electron chi connectivity index (χ0n) is 8.38. The maximum atomic E-state index is 12.1. The highest BCUT2D eigenvalue weighted by atomic mass is 19.4. The van der Waals surface area contributed by atoms with E-state index in [4.69, 9.17) is 5.73 Å². The lowest BCUT2D eigenvalue weighted by Gasteiger charge is -2.12. The van der Waals surface area contributed by atoms with Crippen LogP contribution in [0.3, 0.4) is 0 Å². The smallest absolute Gasteiger partial charge is 0.337 e. The molecule has 1 rings (SSSR count). The summed E-state index contributed by atoms with van der Waals surface area (Å²) >= 11 is 0. The van der Waals surface area contributed by atoms with E-state index in [1.165, 1.54) is 0 Å². The second-order valence-electron chi connectivity index (χ2n) is 3.37. The van der Waals surface area contributed by atoms with Gasteiger partial charge in [0.15, 0.2) is 0 Å². The van der Waals surface area contributed by atoms with Crippen LogP contribution in [0.15, 0.2) is 4.52 Å². The van der Waals surface area contributed by atoms with Crippen LogP contribution in [-0.2, 0) is 6.18 Å². The van der Waals surface area contributed by atoms with Gasteiger partial charge in [0, 0.05) is 0 Å². The summed E-state index contributed by atoms with van der Waals surface area (Å²) in [5, 5.41) is 2.83. The molecule has 7 heteroatoms. The molecule has 0 radical (unpaired) electrons. The number of alkyl halides is 3. The van der Waals surface area contributed by atoms with Crippen molar-refractivity contribution in [1.29, 1.82) is 0 Å². The molecule has 0 aliphatic rings. The molecule has 2 N–H and O–H groups in total. The molecule has 15 heavy (non-hydrogen) atoms. The van der Waals surface area contributed by atoms with E-state index >= 15 is 0 Å². The van der Waals surface area contributed by atoms with E-state index in [1.807, 2.05) is 13.8 Å². The second kappa shape index (κ2) is 4.18. The Hall–Kier alpha value is -1.11. The first-order chi connectivity index (χ1) is 6.86. The molecule has 0 aliphatic heterocycles. The van der Waals surface area contributed by atoms with Crippen molar-refractivity contribution in [3.05, 3.63) is 11.7 Å². The molecule has 0 fully saturated rings. The number of nitrogens with zero attached hydrogens (tertiary/aromatic N) is 2. The summed E-state index contributed by atoms with van der Waals surface area (Å²) in [6.07, 6.45) is -3.86. The lowest BCUT2D eigenvalue weighted by Crippen LogP contribution is -2.19. The quantitative estimate of drug-likeness (QED) is 0.852. The van der Waals surface area contributed by atoms with Gasteiger partial charge in [0.25, 0.3) is 5.82 Å². The number of rotatable bonds is 3. The van der Waals surface area contributed by atoms with Gasteiger partial charge in [-0.3, -0.25) is 0 Å². The van der Waals surface area contributed by atoms with Crippen LogP contribution in [-0.4, -0.2) is 10.1 Å². The van der Waals surface area contributed by atoms with Crippen molar-refractivity contribution in [3.63, 3.8) is 0 Å². The van der Waals surface area contributed by atoms with Gasteiger partial charge in [0.1, 0.15) is 0 Å². The molecule has 1 heterocycles. The van der Waals surface area contributed by atoms with Gasteiger partial charge in [0.2, 0.25) is 5.89 Å². The summed E-state index contributed by atoms with van der Waals surface area (Å²) < 4.78 is 40.8. The van der Waals surface area contributed by atoms with Crippen molar-refractivity contribution < 1.29 is 17.7 Å². The third-order valence-electron chi connectivity index (χ3n) is 2.24. The van der Waals surface area contributed by atoms with Gasteiger partial charge in [-0.2, -0.15) is 18.2 Å². The first-order valence-electron chi connectivity index (χ1n) is 4.52. The molecule has 4 nitrogen and oxygen atoms in total. The van der Waals surface area contributed by atoms with Crippen molar-refractivity contribution >= 4 is 0 Å². The average Bonchev–Trinajstić information content (AvgIpc) is 2.63. The van der Waals surface area contributed by atoms with Crippen LogP contribution in [0, 0.1) is 5.92 Å². The zero-order chi connectivity index (χ0) is 11.6. The highest BCUT2D eigenvalue weighted by molar-refractivity contribution is 4.96. The van der Waals surface area contributed by atoms with E-state index in [9.17, 15) is 13.2 Å². The van der Waals surface area contributed by atoms with Crippen molar-refractivity contribution in [2.45, 2.75) is 32.5 Å². The number of hydrogen-bond donors (Lipinski definition) is 1. The Morgan fingerprint density at radius 1 is 1.47 bits per heavy atom. The highest BCUT2D eigenvalue weighted by Crippen LogP contribution is 2.28. The summed E-state index contributed by atoms with van der Waals surface area (Å²) in [5.74, 6) is -1.46. The first kappa shape index (κ1) is 12.0. The fourth-order valence-corrected chi connectivity index (χ4v) is 0.983. The Morgan fingerprint density at radius 3 is 2.47 bits per heavy atom. The van der Waals surface area contributed by atoms with Crippen molar-refractivity contribution in [2.24, 2.45) is 11.7 Å². The minimum absolute atomic E-state index is 0.00784. The van der Waals surface area contributed by atoms with Gasteiger partial charge in [-0.15, -0.1) is 0 Å². The lowest BCUT2D eigenvalue weighted by atomic mass is 10.0. The summed E-state index contributed by atoms with van der Waals surface area (Å²) in [6.45, 7) is 3.69. The van der Waals surface area contributed by atoms with Gasteiger partial charge in [0.05, 0.1) is 6.04 Å². The normalized spacial score (nSPS) is 16.4. The lowest BCUT2D eigenvalue weighted by molar-refractivity contribution is -0.146. The third kappa shape index (κ3) is 2.68. The van der Waals surface area contributed by atoms with Crippen LogP contribution in [0.25, 0.3) is 0 Å². The Labute approximate surface area is 84.6 Å². The molecule has 0 saturated heterocycles. The third-order valence-corrected chi connectivity index (χ3v) is 2.24. The molecule has 1 aromatic rings. The maximum absolute atomic E-state index is 12.1. The molecule has 0 aromatic carbocycles. The molecule has 0 bridgehead atoms. The molecule has 2 unspecified atom stereocenters. The second-order valence-corrected chi connectivity index (χ2v) is 3.37. The molecule has 0 spiro atoms. The van der Waals surface area contributed by atoms with Crippen LogP contribution >= 0.6 is 0 Å². The minimum Gasteiger partial charge on any atom is -0.337 e. The molecular weight excluding hydrogens is 211 g/mol. The van der Waals surface area contributed by atoms with Crippen molar-refractivity contribution in [1.82, 2.24) is 10.1 Å². The number of halogens is 3. The standard InChI is InChI=1S/C8H12F3N3O/c1-3-4(2)5(12)6-13-7(14-15-6)8(9,10)11/h4-5H,3,12H2,1-2H3. The predicted octanol–water partition coefficient (Wildman–Crippen LogP) is 2.13. The Balaban J connectivity index is 2.85. The Morgan fingerprint density at radius 2 is 2.07 bits per heavy atom.